The van der Waals surface area contributed by atoms with Crippen molar-refractivity contribution in [3.05, 3.63) is 75.8 Å². The number of piperidine rings is 1. The van der Waals surface area contributed by atoms with E-state index in [1.807, 2.05) is 31.3 Å². The monoisotopic (exact) mass is 749 g/mol. The van der Waals surface area contributed by atoms with Crippen molar-refractivity contribution in [2.24, 2.45) is 0 Å². The van der Waals surface area contributed by atoms with E-state index in [1.165, 1.54) is 6.92 Å². The first kappa shape index (κ1) is 38.1. The maximum atomic E-state index is 13.4. The molecule has 1 atom stereocenters. The van der Waals surface area contributed by atoms with E-state index >= 15 is 0 Å². The average molecular weight is 750 g/mol. The number of imide groups is 1. The molecule has 4 aliphatic rings. The number of hydrogen-bond acceptors (Lipinski definition) is 12. The number of aromatic nitrogens is 4. The van der Waals surface area contributed by atoms with Gasteiger partial charge in [0.2, 0.25) is 17.8 Å². The smallest absolute Gasteiger partial charge is 0.263 e. The molecule has 4 fully saturated rings. The number of morpholine rings is 1. The number of nitrogens with one attached hydrogen (secondary N) is 2. The molecule has 1 unspecified atom stereocenters. The van der Waals surface area contributed by atoms with Crippen molar-refractivity contribution in [3.63, 3.8) is 0 Å². The van der Waals surface area contributed by atoms with Crippen LogP contribution >= 0.6 is 0 Å². The van der Waals surface area contributed by atoms with E-state index in [2.05, 4.69) is 60.5 Å². The number of fused-ring (bicyclic) bond motifs is 1. The molecule has 3 aromatic heterocycles. The molecule has 0 bridgehead atoms. The van der Waals surface area contributed by atoms with Gasteiger partial charge < -0.3 is 24.8 Å². The van der Waals surface area contributed by atoms with Gasteiger partial charge in [-0.25, -0.2) is 9.97 Å². The Hall–Kier alpha value is -5.21. The number of piperazine rings is 1. The Morgan fingerprint density at radius 1 is 0.891 bits per heavy atom. The molecule has 290 valence electrons. The zero-order valence-electron chi connectivity index (χ0n) is 32.3. The Morgan fingerprint density at radius 3 is 2.20 bits per heavy atom. The Bertz CT molecular complexity index is 2100. The van der Waals surface area contributed by atoms with Crippen molar-refractivity contribution in [2.45, 2.75) is 70.8 Å². The third kappa shape index (κ3) is 8.11. The van der Waals surface area contributed by atoms with Crippen LogP contribution in [0.2, 0.25) is 0 Å². The van der Waals surface area contributed by atoms with Gasteiger partial charge in [0.25, 0.3) is 5.56 Å². The maximum Gasteiger partial charge on any atom is 0.263 e. The summed E-state index contributed by atoms with van der Waals surface area (Å²) in [5.74, 6) is 0.431. The van der Waals surface area contributed by atoms with Gasteiger partial charge >= 0.3 is 0 Å². The van der Waals surface area contributed by atoms with Crippen molar-refractivity contribution in [1.82, 2.24) is 29.7 Å². The highest BCUT2D eigenvalue weighted by atomic mass is 16.5. The molecule has 6 heterocycles. The molecule has 1 aromatic carbocycles. The highest BCUT2D eigenvalue weighted by Crippen LogP contribution is 2.34. The molecule has 14 nitrogen and oxygen atoms in total. The third-order valence-electron chi connectivity index (χ3n) is 11.6. The summed E-state index contributed by atoms with van der Waals surface area (Å²) in [7, 11) is 2.14. The van der Waals surface area contributed by atoms with E-state index in [-0.39, 0.29) is 34.8 Å². The summed E-state index contributed by atoms with van der Waals surface area (Å²) in [6.45, 7) is 12.5. The quantitative estimate of drug-likeness (QED) is 0.202. The van der Waals surface area contributed by atoms with E-state index in [0.717, 1.165) is 100 Å². The van der Waals surface area contributed by atoms with Gasteiger partial charge in [-0.2, -0.15) is 4.98 Å². The number of anilines is 4. The Labute approximate surface area is 321 Å². The predicted octanol–water partition coefficient (Wildman–Crippen LogP) is 4.53. The van der Waals surface area contributed by atoms with E-state index in [9.17, 15) is 19.2 Å². The van der Waals surface area contributed by atoms with Crippen LogP contribution < -0.4 is 26.0 Å². The number of pyridine rings is 2. The van der Waals surface area contributed by atoms with E-state index in [1.54, 1.807) is 17.7 Å². The number of ether oxygens (including phenoxy) is 1. The van der Waals surface area contributed by atoms with E-state index in [4.69, 9.17) is 9.72 Å². The van der Waals surface area contributed by atoms with Crippen LogP contribution in [0.3, 0.4) is 0 Å². The molecule has 0 radical (unpaired) electrons. The molecule has 2 amide bonds. The van der Waals surface area contributed by atoms with Crippen molar-refractivity contribution in [2.75, 3.05) is 74.6 Å². The largest absolute Gasteiger partial charge is 0.378 e. The van der Waals surface area contributed by atoms with E-state index in [0.29, 0.717) is 35.8 Å². The molecule has 1 saturated carbocycles. The molecule has 0 spiro atoms. The van der Waals surface area contributed by atoms with Crippen LogP contribution in [0, 0.1) is 6.92 Å². The Morgan fingerprint density at radius 2 is 1.56 bits per heavy atom. The van der Waals surface area contributed by atoms with Crippen molar-refractivity contribution in [3.8, 4) is 0 Å². The van der Waals surface area contributed by atoms with Crippen LogP contribution in [0.4, 0.5) is 23.1 Å². The lowest BCUT2D eigenvalue weighted by atomic mass is 9.75. The highest BCUT2D eigenvalue weighted by molar-refractivity contribution is 6.03. The molecule has 55 heavy (non-hydrogen) atoms. The first-order valence-corrected chi connectivity index (χ1v) is 19.4. The molecular formula is C41H51N9O5. The summed E-state index contributed by atoms with van der Waals surface area (Å²) >= 11 is 0. The number of amides is 2. The topological polar surface area (TPSA) is 155 Å². The summed E-state index contributed by atoms with van der Waals surface area (Å²) < 4.78 is 7.08. The molecule has 3 aliphatic heterocycles. The van der Waals surface area contributed by atoms with Crippen molar-refractivity contribution < 1.29 is 19.1 Å². The zero-order valence-corrected chi connectivity index (χ0v) is 32.3. The Kier molecular flexibility index (Phi) is 11.3. The third-order valence-corrected chi connectivity index (χ3v) is 11.6. The average Bonchev–Trinajstić information content (AvgIpc) is 3.72. The lowest BCUT2D eigenvalue weighted by Gasteiger charge is -2.33. The molecule has 1 aliphatic carbocycles. The standard InChI is InChI=1S/C25H31N7O2.C16H20N2O3/c1-16-20-15-27-25(28-21-9-8-19(14-26-21)31-12-10-30(3)11-13-31)29-23(20)32(18-6-4-5-7-18)24(34)22(16)17(2)33;1-16(7-6-14(19)17-15(16)20)12-2-4-13(5-3-12)18-8-10-21-11-9-18/h8-9,14-15,18H,4-7,10-13H2,1-3H3,(H,26,27,28,29);2-5H,6-11H2,1H3,(H,17,19,20). The van der Waals surface area contributed by atoms with Gasteiger partial charge in [0.1, 0.15) is 11.5 Å². The van der Waals surface area contributed by atoms with Crippen LogP contribution in [0.15, 0.2) is 53.6 Å². The van der Waals surface area contributed by atoms with Gasteiger partial charge in [0.15, 0.2) is 5.78 Å². The van der Waals surface area contributed by atoms with Gasteiger partial charge in [0.05, 0.1) is 36.1 Å². The summed E-state index contributed by atoms with van der Waals surface area (Å²) in [4.78, 5) is 69.8. The summed E-state index contributed by atoms with van der Waals surface area (Å²) in [6.07, 6.45) is 8.50. The maximum absolute atomic E-state index is 13.4. The SMILES string of the molecule is CC(=O)c1c(C)c2cnc(Nc3ccc(N4CCN(C)CC4)cn3)nc2n(C2CCCC2)c1=O.CC1(c2ccc(N3CCOCC3)cc2)CCC(=O)NC1=O. The number of rotatable bonds is 7. The lowest BCUT2D eigenvalue weighted by molar-refractivity contribution is -0.137. The fraction of sp³-hybridized carbons (Fsp3) is 0.488. The lowest BCUT2D eigenvalue weighted by Crippen LogP contribution is -2.49. The second-order valence-electron chi connectivity index (χ2n) is 15.3. The molecule has 4 aromatic rings. The number of ketones is 1. The number of nitrogens with zero attached hydrogens (tertiary/aromatic N) is 7. The predicted molar refractivity (Wildman–Crippen MR) is 212 cm³/mol. The van der Waals surface area contributed by atoms with Crippen molar-refractivity contribution >= 4 is 51.8 Å². The van der Waals surface area contributed by atoms with Crippen LogP contribution in [0.25, 0.3) is 11.0 Å². The van der Waals surface area contributed by atoms with Gasteiger partial charge in [-0.15, -0.1) is 0 Å². The zero-order chi connectivity index (χ0) is 38.7. The van der Waals surface area contributed by atoms with Crippen molar-refractivity contribution in [1.29, 1.82) is 0 Å². The second kappa shape index (κ2) is 16.3. The summed E-state index contributed by atoms with van der Waals surface area (Å²) in [5, 5.41) is 6.36. The summed E-state index contributed by atoms with van der Waals surface area (Å²) in [6, 6.07) is 12.1. The number of Topliss-reactive ketones (excluding diaryl/α,β-unsaturated/α-hetero) is 1. The van der Waals surface area contributed by atoms with E-state index < -0.39 is 5.41 Å². The van der Waals surface area contributed by atoms with Crippen LogP contribution in [-0.2, 0) is 19.7 Å². The number of carbonyl (C=O) groups excluding carboxylic acids is 3. The Balaban J connectivity index is 0.000000190. The number of aryl methyl sites for hydroxylation is 1. The second-order valence-corrected chi connectivity index (χ2v) is 15.3. The summed E-state index contributed by atoms with van der Waals surface area (Å²) in [5.41, 5.74) is 3.81. The minimum atomic E-state index is -0.614. The number of carbonyl (C=O) groups is 3. The molecule has 2 N–H and O–H groups in total. The van der Waals surface area contributed by atoms with Gasteiger partial charge in [0, 0.05) is 69.0 Å². The fourth-order valence-electron chi connectivity index (χ4n) is 8.08. The van der Waals surface area contributed by atoms with Crippen LogP contribution in [-0.4, -0.2) is 102 Å². The van der Waals surface area contributed by atoms with Crippen LogP contribution in [0.1, 0.15) is 79.9 Å². The minimum Gasteiger partial charge on any atom is -0.378 e. The molecular weight excluding hydrogens is 699 g/mol. The van der Waals surface area contributed by atoms with Gasteiger partial charge in [-0.05, 0) is 82.5 Å². The highest BCUT2D eigenvalue weighted by Gasteiger charge is 2.40. The molecule has 8 rings (SSSR count). The minimum absolute atomic E-state index is 0.0532. The first-order valence-electron chi connectivity index (χ1n) is 19.4. The molecule has 14 heteroatoms. The fourth-order valence-corrected chi connectivity index (χ4v) is 8.08. The van der Waals surface area contributed by atoms with Gasteiger partial charge in [-0.1, -0.05) is 25.0 Å². The van der Waals surface area contributed by atoms with Crippen LogP contribution in [0.5, 0.6) is 0 Å². The number of benzene rings is 1. The number of likely N-dealkylation sites (N-methyl/N-ethyl adjacent to an activating group) is 1. The van der Waals surface area contributed by atoms with Gasteiger partial charge in [-0.3, -0.25) is 29.1 Å². The number of hydrogen-bond donors (Lipinski definition) is 2. The molecule has 3 saturated heterocycles. The first-order chi connectivity index (χ1) is 26.5. The normalized spacial score (nSPS) is 20.9.